The van der Waals surface area contributed by atoms with Gasteiger partial charge in [0, 0.05) is 19.5 Å². The molecule has 2 saturated heterocycles. The molecule has 2 aliphatic rings. The number of rotatable bonds is 2. The first kappa shape index (κ1) is 10.4. The molecule has 0 amide bonds. The molecule has 0 spiro atoms. The Morgan fingerprint density at radius 2 is 2.00 bits per heavy atom. The maximum atomic E-state index is 9.47. The van der Waals surface area contributed by atoms with Crippen LogP contribution < -0.4 is 0 Å². The van der Waals surface area contributed by atoms with Gasteiger partial charge in [-0.05, 0) is 26.9 Å². The maximum absolute atomic E-state index is 9.47. The zero-order valence-corrected chi connectivity index (χ0v) is 9.02. The van der Waals surface area contributed by atoms with Gasteiger partial charge in [-0.1, -0.05) is 0 Å². The van der Waals surface area contributed by atoms with E-state index >= 15 is 0 Å². The topological polar surface area (TPSA) is 35.9 Å². The minimum absolute atomic E-state index is 0.107. The van der Waals surface area contributed by atoms with Gasteiger partial charge in [-0.25, -0.2) is 0 Å². The molecule has 2 rings (SSSR count). The molecule has 14 heavy (non-hydrogen) atoms. The van der Waals surface area contributed by atoms with Gasteiger partial charge in [-0.15, -0.1) is 0 Å². The highest BCUT2D eigenvalue weighted by Crippen LogP contribution is 2.23. The minimum Gasteiger partial charge on any atom is -0.392 e. The lowest BCUT2D eigenvalue weighted by molar-refractivity contribution is -0.116. The van der Waals surface area contributed by atoms with Crippen LogP contribution in [0.4, 0.5) is 0 Å². The second kappa shape index (κ2) is 4.14. The van der Waals surface area contributed by atoms with Gasteiger partial charge in [0.2, 0.25) is 0 Å². The molecule has 3 atom stereocenters. The van der Waals surface area contributed by atoms with Crippen molar-refractivity contribution < 1.29 is 9.84 Å². The summed E-state index contributed by atoms with van der Waals surface area (Å²) in [5.74, 6) is 0. The normalized spacial score (nSPS) is 40.9. The predicted molar refractivity (Wildman–Crippen MR) is 53.8 cm³/mol. The van der Waals surface area contributed by atoms with Gasteiger partial charge in [-0.3, -0.25) is 9.80 Å². The minimum atomic E-state index is -0.211. The Balaban J connectivity index is 1.85. The Morgan fingerprint density at radius 1 is 1.21 bits per heavy atom. The molecule has 2 heterocycles. The number of hydrogen-bond donors (Lipinski definition) is 1. The SMILES string of the molecule is CN1CCCC1OC1CC(O)CN1C. The van der Waals surface area contributed by atoms with E-state index in [1.54, 1.807) is 0 Å². The van der Waals surface area contributed by atoms with E-state index in [9.17, 15) is 5.11 Å². The van der Waals surface area contributed by atoms with Gasteiger partial charge in [0.25, 0.3) is 0 Å². The third kappa shape index (κ3) is 2.08. The van der Waals surface area contributed by atoms with E-state index in [1.165, 1.54) is 6.42 Å². The summed E-state index contributed by atoms with van der Waals surface area (Å²) in [5.41, 5.74) is 0. The molecule has 1 N–H and O–H groups in total. The zero-order valence-electron chi connectivity index (χ0n) is 9.02. The molecule has 0 bridgehead atoms. The zero-order chi connectivity index (χ0) is 10.1. The van der Waals surface area contributed by atoms with E-state index < -0.39 is 0 Å². The van der Waals surface area contributed by atoms with Crippen molar-refractivity contribution in [2.45, 2.75) is 37.8 Å². The molecule has 0 aromatic heterocycles. The first-order chi connectivity index (χ1) is 6.66. The van der Waals surface area contributed by atoms with Crippen LogP contribution in [0, 0.1) is 0 Å². The van der Waals surface area contributed by atoms with Crippen LogP contribution in [0.25, 0.3) is 0 Å². The standard InChI is InChI=1S/C10H20N2O2/c1-11-5-3-4-9(11)14-10-6-8(13)7-12(10)2/h8-10,13H,3-7H2,1-2H3. The molecule has 0 radical (unpaired) electrons. The highest BCUT2D eigenvalue weighted by atomic mass is 16.5. The van der Waals surface area contributed by atoms with E-state index in [0.29, 0.717) is 0 Å². The Bertz CT molecular complexity index is 201. The summed E-state index contributed by atoms with van der Waals surface area (Å²) in [5, 5.41) is 9.47. The molecule has 4 nitrogen and oxygen atoms in total. The van der Waals surface area contributed by atoms with Gasteiger partial charge in [0.1, 0.15) is 12.5 Å². The number of likely N-dealkylation sites (tertiary alicyclic amines) is 2. The number of β-amino-alcohol motifs (C(OH)–C–C–N with tert-alkyl or cyclic N) is 1. The molecule has 0 aliphatic carbocycles. The van der Waals surface area contributed by atoms with Gasteiger partial charge in [-0.2, -0.15) is 0 Å². The summed E-state index contributed by atoms with van der Waals surface area (Å²) in [6.07, 6.45) is 3.25. The van der Waals surface area contributed by atoms with Crippen LogP contribution in [-0.4, -0.2) is 60.7 Å². The summed E-state index contributed by atoms with van der Waals surface area (Å²) in [7, 11) is 4.11. The van der Waals surface area contributed by atoms with Crippen LogP contribution in [0.1, 0.15) is 19.3 Å². The van der Waals surface area contributed by atoms with Crippen molar-refractivity contribution in [1.29, 1.82) is 0 Å². The summed E-state index contributed by atoms with van der Waals surface area (Å²) in [4.78, 5) is 4.34. The summed E-state index contributed by atoms with van der Waals surface area (Å²) in [6, 6.07) is 0. The van der Waals surface area contributed by atoms with Crippen molar-refractivity contribution in [3.8, 4) is 0 Å². The van der Waals surface area contributed by atoms with Crippen molar-refractivity contribution in [3.05, 3.63) is 0 Å². The summed E-state index contributed by atoms with van der Waals surface area (Å²) in [6.45, 7) is 1.87. The lowest BCUT2D eigenvalue weighted by atomic mass is 10.3. The van der Waals surface area contributed by atoms with E-state index in [1.807, 2.05) is 7.05 Å². The highest BCUT2D eigenvalue weighted by molar-refractivity contribution is 4.79. The first-order valence-corrected chi connectivity index (χ1v) is 5.41. The fourth-order valence-corrected chi connectivity index (χ4v) is 2.33. The highest BCUT2D eigenvalue weighted by Gasteiger charge is 2.33. The fraction of sp³-hybridized carbons (Fsp3) is 1.00. The van der Waals surface area contributed by atoms with E-state index in [-0.39, 0.29) is 18.6 Å². The number of nitrogens with zero attached hydrogens (tertiary/aromatic N) is 2. The van der Waals surface area contributed by atoms with Crippen LogP contribution >= 0.6 is 0 Å². The summed E-state index contributed by atoms with van der Waals surface area (Å²) >= 11 is 0. The molecule has 82 valence electrons. The van der Waals surface area contributed by atoms with Gasteiger partial charge < -0.3 is 9.84 Å². The lowest BCUT2D eigenvalue weighted by Crippen LogP contribution is -2.36. The first-order valence-electron chi connectivity index (χ1n) is 5.41. The van der Waals surface area contributed by atoms with Crippen LogP contribution in [-0.2, 0) is 4.74 Å². The van der Waals surface area contributed by atoms with Crippen molar-refractivity contribution in [1.82, 2.24) is 9.80 Å². The number of likely N-dealkylation sites (N-methyl/N-ethyl adjacent to an activating group) is 1. The van der Waals surface area contributed by atoms with Gasteiger partial charge in [0.15, 0.2) is 0 Å². The molecule has 0 saturated carbocycles. The van der Waals surface area contributed by atoms with Crippen molar-refractivity contribution in [2.75, 3.05) is 27.2 Å². The molecule has 2 aliphatic heterocycles. The molecular formula is C10H20N2O2. The molecule has 0 aromatic carbocycles. The third-order valence-electron chi connectivity index (χ3n) is 3.23. The quantitative estimate of drug-likeness (QED) is 0.684. The molecule has 0 aromatic rings. The van der Waals surface area contributed by atoms with Crippen molar-refractivity contribution in [2.24, 2.45) is 0 Å². The third-order valence-corrected chi connectivity index (χ3v) is 3.23. The molecule has 2 fully saturated rings. The van der Waals surface area contributed by atoms with Crippen LogP contribution in [0.3, 0.4) is 0 Å². The predicted octanol–water partition coefficient (Wildman–Crippen LogP) is 0.0772. The van der Waals surface area contributed by atoms with E-state index in [4.69, 9.17) is 4.74 Å². The van der Waals surface area contributed by atoms with Gasteiger partial charge in [0.05, 0.1) is 6.10 Å². The second-order valence-corrected chi connectivity index (χ2v) is 4.50. The molecular weight excluding hydrogens is 180 g/mol. The smallest absolute Gasteiger partial charge is 0.115 e. The Hall–Kier alpha value is -0.160. The van der Waals surface area contributed by atoms with E-state index in [2.05, 4.69) is 16.8 Å². The molecule has 3 unspecified atom stereocenters. The second-order valence-electron chi connectivity index (χ2n) is 4.50. The Labute approximate surface area is 85.4 Å². The van der Waals surface area contributed by atoms with Crippen LogP contribution in [0.15, 0.2) is 0 Å². The van der Waals surface area contributed by atoms with Gasteiger partial charge >= 0.3 is 0 Å². The Morgan fingerprint density at radius 3 is 2.50 bits per heavy atom. The average Bonchev–Trinajstić information content (AvgIpc) is 2.62. The maximum Gasteiger partial charge on any atom is 0.115 e. The fourth-order valence-electron chi connectivity index (χ4n) is 2.33. The molecule has 4 heteroatoms. The number of aliphatic hydroxyl groups excluding tert-OH is 1. The van der Waals surface area contributed by atoms with Crippen LogP contribution in [0.5, 0.6) is 0 Å². The van der Waals surface area contributed by atoms with E-state index in [0.717, 1.165) is 25.9 Å². The largest absolute Gasteiger partial charge is 0.392 e. The Kier molecular flexibility index (Phi) is 3.07. The van der Waals surface area contributed by atoms with Crippen molar-refractivity contribution >= 4 is 0 Å². The number of ether oxygens (including phenoxy) is 1. The number of hydrogen-bond acceptors (Lipinski definition) is 4. The average molecular weight is 200 g/mol. The lowest BCUT2D eigenvalue weighted by Gasteiger charge is -2.27. The summed E-state index contributed by atoms with van der Waals surface area (Å²) < 4.78 is 5.96. The van der Waals surface area contributed by atoms with Crippen molar-refractivity contribution in [3.63, 3.8) is 0 Å². The monoisotopic (exact) mass is 200 g/mol. The van der Waals surface area contributed by atoms with Crippen LogP contribution in [0.2, 0.25) is 0 Å². The number of aliphatic hydroxyl groups is 1.